The van der Waals surface area contributed by atoms with Gasteiger partial charge in [-0.25, -0.2) is 0 Å². The first kappa shape index (κ1) is 17.2. The molecule has 1 N–H and O–H groups in total. The Kier molecular flexibility index (Phi) is 5.09. The van der Waals surface area contributed by atoms with Crippen LogP contribution in [0.5, 0.6) is 5.75 Å². The number of hydrogen-bond donors (Lipinski definition) is 1. The number of nitrogens with zero attached hydrogens (tertiary/aromatic N) is 3. The first-order valence-electron chi connectivity index (χ1n) is 9.02. The number of hydrogen-bond acceptors (Lipinski definition) is 6. The molecule has 7 heteroatoms. The molecule has 27 heavy (non-hydrogen) atoms. The summed E-state index contributed by atoms with van der Waals surface area (Å²) in [6, 6.07) is 13.4. The highest BCUT2D eigenvalue weighted by atomic mass is 16.5. The van der Waals surface area contributed by atoms with Gasteiger partial charge in [-0.2, -0.15) is 4.98 Å². The van der Waals surface area contributed by atoms with Crippen molar-refractivity contribution in [2.75, 3.05) is 13.2 Å². The van der Waals surface area contributed by atoms with Gasteiger partial charge in [0, 0.05) is 25.1 Å². The number of pyridine rings is 1. The molecule has 3 aromatic rings. The number of para-hydroxylation sites is 1. The number of fused-ring (bicyclic) bond motifs is 1. The molecule has 0 spiro atoms. The summed E-state index contributed by atoms with van der Waals surface area (Å²) in [5, 5.41) is 6.90. The maximum atomic E-state index is 12.5. The van der Waals surface area contributed by atoms with Crippen LogP contribution in [0, 0.1) is 5.92 Å². The van der Waals surface area contributed by atoms with Crippen LogP contribution in [0.25, 0.3) is 11.5 Å². The van der Waals surface area contributed by atoms with E-state index < -0.39 is 0 Å². The van der Waals surface area contributed by atoms with Gasteiger partial charge in [0.25, 0.3) is 0 Å². The number of nitrogens with one attached hydrogen (secondary N) is 1. The first-order valence-corrected chi connectivity index (χ1v) is 9.02. The van der Waals surface area contributed by atoms with E-state index >= 15 is 0 Å². The molecule has 2 aromatic heterocycles. The summed E-state index contributed by atoms with van der Waals surface area (Å²) in [4.78, 5) is 21.1. The van der Waals surface area contributed by atoms with Crippen molar-refractivity contribution < 1.29 is 14.1 Å². The van der Waals surface area contributed by atoms with Crippen molar-refractivity contribution in [1.82, 2.24) is 20.4 Å². The molecule has 0 fully saturated rings. The molecule has 1 aromatic carbocycles. The summed E-state index contributed by atoms with van der Waals surface area (Å²) < 4.78 is 11.0. The van der Waals surface area contributed by atoms with Crippen molar-refractivity contribution in [3.8, 4) is 17.3 Å². The van der Waals surface area contributed by atoms with Crippen LogP contribution in [-0.4, -0.2) is 34.2 Å². The van der Waals surface area contributed by atoms with E-state index in [4.69, 9.17) is 9.26 Å². The number of aromatic nitrogens is 3. The minimum absolute atomic E-state index is 0.0276. The van der Waals surface area contributed by atoms with Crippen molar-refractivity contribution in [2.45, 2.75) is 19.3 Å². The molecule has 138 valence electrons. The normalized spacial score (nSPS) is 16.1. The summed E-state index contributed by atoms with van der Waals surface area (Å²) in [5.74, 6) is 1.74. The van der Waals surface area contributed by atoms with E-state index in [2.05, 4.69) is 20.4 Å². The Labute approximate surface area is 156 Å². The Balaban J connectivity index is 1.30. The van der Waals surface area contributed by atoms with Crippen LogP contribution in [-0.2, 0) is 17.6 Å². The average Bonchev–Trinajstić information content (AvgIpc) is 3.07. The summed E-state index contributed by atoms with van der Waals surface area (Å²) >= 11 is 0. The molecular formula is C20H20N4O3. The van der Waals surface area contributed by atoms with Gasteiger partial charge < -0.3 is 14.6 Å². The minimum Gasteiger partial charge on any atom is -0.493 e. The molecule has 7 nitrogen and oxygen atoms in total. The lowest BCUT2D eigenvalue weighted by molar-refractivity contribution is -0.125. The molecule has 0 aliphatic carbocycles. The van der Waals surface area contributed by atoms with Gasteiger partial charge in [0.1, 0.15) is 11.4 Å². The van der Waals surface area contributed by atoms with Crippen molar-refractivity contribution >= 4 is 5.91 Å². The second kappa shape index (κ2) is 7.99. The zero-order valence-corrected chi connectivity index (χ0v) is 14.8. The molecule has 1 aliphatic rings. The number of amides is 1. The van der Waals surface area contributed by atoms with Gasteiger partial charge >= 0.3 is 0 Å². The topological polar surface area (TPSA) is 90.1 Å². The molecule has 1 amide bonds. The van der Waals surface area contributed by atoms with Crippen molar-refractivity contribution in [3.05, 3.63) is 60.1 Å². The van der Waals surface area contributed by atoms with Gasteiger partial charge in [-0.15, -0.1) is 0 Å². The van der Waals surface area contributed by atoms with Crippen molar-refractivity contribution in [2.24, 2.45) is 5.92 Å². The van der Waals surface area contributed by atoms with E-state index in [0.717, 1.165) is 11.3 Å². The Hall–Kier alpha value is -3.22. The predicted octanol–water partition coefficient (Wildman–Crippen LogP) is 2.43. The Bertz CT molecular complexity index is 910. The standard InChI is InChI=1S/C20H20N4O3/c25-20(15-9-12-26-17-7-2-1-5-14(17)13-15)22-11-8-18-23-19(24-27-18)16-6-3-4-10-21-16/h1-7,10,15H,8-9,11-13H2,(H,22,25). The lowest BCUT2D eigenvalue weighted by Gasteiger charge is -2.13. The van der Waals surface area contributed by atoms with Gasteiger partial charge in [-0.1, -0.05) is 29.4 Å². The van der Waals surface area contributed by atoms with E-state index in [1.807, 2.05) is 42.5 Å². The Morgan fingerprint density at radius 3 is 2.96 bits per heavy atom. The molecule has 0 saturated carbocycles. The summed E-state index contributed by atoms with van der Waals surface area (Å²) in [5.41, 5.74) is 1.74. The summed E-state index contributed by atoms with van der Waals surface area (Å²) in [7, 11) is 0. The van der Waals surface area contributed by atoms with Gasteiger partial charge in [-0.3, -0.25) is 9.78 Å². The van der Waals surface area contributed by atoms with E-state index in [1.165, 1.54) is 0 Å². The van der Waals surface area contributed by atoms with Crippen LogP contribution in [0.4, 0.5) is 0 Å². The van der Waals surface area contributed by atoms with Crippen LogP contribution in [0.15, 0.2) is 53.2 Å². The lowest BCUT2D eigenvalue weighted by Crippen LogP contribution is -2.33. The molecule has 0 bridgehead atoms. The fourth-order valence-corrected chi connectivity index (χ4v) is 3.11. The monoisotopic (exact) mass is 364 g/mol. The molecule has 4 rings (SSSR count). The maximum Gasteiger partial charge on any atom is 0.228 e. The highest BCUT2D eigenvalue weighted by Gasteiger charge is 2.23. The molecule has 3 heterocycles. The fourth-order valence-electron chi connectivity index (χ4n) is 3.11. The second-order valence-electron chi connectivity index (χ2n) is 6.41. The zero-order chi connectivity index (χ0) is 18.5. The van der Waals surface area contributed by atoms with Gasteiger partial charge in [0.2, 0.25) is 17.6 Å². The Morgan fingerprint density at radius 1 is 1.19 bits per heavy atom. The molecule has 0 saturated heterocycles. The van der Waals surface area contributed by atoms with E-state index in [0.29, 0.717) is 49.8 Å². The molecule has 1 aliphatic heterocycles. The summed E-state index contributed by atoms with van der Waals surface area (Å²) in [6.45, 7) is 0.994. The average molecular weight is 364 g/mol. The van der Waals surface area contributed by atoms with Gasteiger partial charge in [0.05, 0.1) is 6.61 Å². The van der Waals surface area contributed by atoms with Gasteiger partial charge in [0.15, 0.2) is 0 Å². The van der Waals surface area contributed by atoms with E-state index in [1.54, 1.807) is 6.20 Å². The van der Waals surface area contributed by atoms with Gasteiger partial charge in [-0.05, 0) is 36.6 Å². The van der Waals surface area contributed by atoms with Crippen LogP contribution >= 0.6 is 0 Å². The molecule has 1 atom stereocenters. The SMILES string of the molecule is O=C(NCCc1nc(-c2ccccn2)no1)C1CCOc2ccccc2C1. The smallest absolute Gasteiger partial charge is 0.228 e. The zero-order valence-electron chi connectivity index (χ0n) is 14.8. The molecular weight excluding hydrogens is 344 g/mol. The highest BCUT2D eigenvalue weighted by Crippen LogP contribution is 2.26. The van der Waals surface area contributed by atoms with Crippen molar-refractivity contribution in [1.29, 1.82) is 0 Å². The number of benzene rings is 1. The summed E-state index contributed by atoms with van der Waals surface area (Å²) in [6.07, 6.45) is 3.54. The largest absolute Gasteiger partial charge is 0.493 e. The van der Waals surface area contributed by atoms with Crippen LogP contribution in [0.3, 0.4) is 0 Å². The maximum absolute atomic E-state index is 12.5. The molecule has 0 radical (unpaired) electrons. The third-order valence-corrected chi connectivity index (χ3v) is 4.53. The fraction of sp³-hybridized carbons (Fsp3) is 0.300. The third kappa shape index (κ3) is 4.13. The quantitative estimate of drug-likeness (QED) is 0.748. The predicted molar refractivity (Wildman–Crippen MR) is 98.0 cm³/mol. The van der Waals surface area contributed by atoms with Crippen molar-refractivity contribution in [3.63, 3.8) is 0 Å². The van der Waals surface area contributed by atoms with E-state index in [9.17, 15) is 4.79 Å². The number of ether oxygens (including phenoxy) is 1. The van der Waals surface area contributed by atoms with Crippen LogP contribution < -0.4 is 10.1 Å². The van der Waals surface area contributed by atoms with Crippen LogP contribution in [0.1, 0.15) is 17.9 Å². The Morgan fingerprint density at radius 2 is 2.07 bits per heavy atom. The van der Waals surface area contributed by atoms with Crippen LogP contribution in [0.2, 0.25) is 0 Å². The number of carbonyl (C=O) groups is 1. The second-order valence-corrected chi connectivity index (χ2v) is 6.41. The molecule has 1 unspecified atom stereocenters. The number of rotatable bonds is 5. The number of carbonyl (C=O) groups excluding carboxylic acids is 1. The van der Waals surface area contributed by atoms with E-state index in [-0.39, 0.29) is 11.8 Å². The lowest BCUT2D eigenvalue weighted by atomic mass is 9.96. The third-order valence-electron chi connectivity index (χ3n) is 4.53. The minimum atomic E-state index is -0.0968. The first-order chi connectivity index (χ1) is 13.3. The highest BCUT2D eigenvalue weighted by molar-refractivity contribution is 5.79.